The van der Waals surface area contributed by atoms with E-state index in [2.05, 4.69) is 0 Å². The second-order valence-corrected chi connectivity index (χ2v) is 5.97. The number of carbonyl (C=O) groups excluding carboxylic acids is 1. The van der Waals surface area contributed by atoms with Crippen molar-refractivity contribution in [3.8, 4) is 0 Å². The lowest BCUT2D eigenvalue weighted by atomic mass is 9.79. The van der Waals surface area contributed by atoms with Gasteiger partial charge in [-0.2, -0.15) is 0 Å². The van der Waals surface area contributed by atoms with E-state index >= 15 is 0 Å². The Hall–Kier alpha value is -0.610. The van der Waals surface area contributed by atoms with E-state index in [1.54, 1.807) is 0 Å². The normalized spacial score (nSPS) is 32.4. The third-order valence-corrected chi connectivity index (χ3v) is 4.43. The van der Waals surface area contributed by atoms with Crippen LogP contribution >= 0.6 is 0 Å². The maximum absolute atomic E-state index is 11.6. The van der Waals surface area contributed by atoms with Gasteiger partial charge in [-0.25, -0.2) is 0 Å². The van der Waals surface area contributed by atoms with E-state index in [0.29, 0.717) is 45.0 Å². The fraction of sp³-hybridized carbons (Fsp3) is 0.933. The van der Waals surface area contributed by atoms with Gasteiger partial charge >= 0.3 is 5.97 Å². The lowest BCUT2D eigenvalue weighted by Crippen LogP contribution is -2.41. The minimum atomic E-state index is -0.731. The van der Waals surface area contributed by atoms with Crippen LogP contribution in [-0.4, -0.2) is 36.0 Å². The molecule has 19 heavy (non-hydrogen) atoms. The molecule has 4 heteroatoms. The van der Waals surface area contributed by atoms with Crippen molar-refractivity contribution < 1.29 is 19.4 Å². The molecule has 2 aliphatic rings. The van der Waals surface area contributed by atoms with Crippen LogP contribution < -0.4 is 0 Å². The van der Waals surface area contributed by atoms with Crippen LogP contribution in [0.2, 0.25) is 0 Å². The molecule has 0 spiro atoms. The monoisotopic (exact) mass is 270 g/mol. The Kier molecular flexibility index (Phi) is 5.22. The Bertz CT molecular complexity index is 289. The van der Waals surface area contributed by atoms with Gasteiger partial charge in [-0.1, -0.05) is 12.8 Å². The summed E-state index contributed by atoms with van der Waals surface area (Å²) in [6.07, 6.45) is 7.79. The zero-order valence-corrected chi connectivity index (χ0v) is 11.9. The highest BCUT2D eigenvalue weighted by molar-refractivity contribution is 5.72. The first kappa shape index (κ1) is 14.8. The molecule has 0 unspecified atom stereocenters. The first-order valence-electron chi connectivity index (χ1n) is 7.63. The van der Waals surface area contributed by atoms with Crippen molar-refractivity contribution in [2.75, 3.05) is 13.2 Å². The van der Waals surface area contributed by atoms with Gasteiger partial charge in [0.15, 0.2) is 0 Å². The van der Waals surface area contributed by atoms with E-state index in [-0.39, 0.29) is 11.9 Å². The zero-order valence-electron chi connectivity index (χ0n) is 11.9. The third-order valence-electron chi connectivity index (χ3n) is 4.43. The van der Waals surface area contributed by atoms with Crippen molar-refractivity contribution in [3.05, 3.63) is 0 Å². The molecule has 0 atom stereocenters. The van der Waals surface area contributed by atoms with Gasteiger partial charge in [0.25, 0.3) is 0 Å². The minimum absolute atomic E-state index is 0.0355. The Morgan fingerprint density at radius 1 is 1.21 bits per heavy atom. The zero-order chi connectivity index (χ0) is 13.7. The Morgan fingerprint density at radius 2 is 1.84 bits per heavy atom. The van der Waals surface area contributed by atoms with Crippen LogP contribution in [0.25, 0.3) is 0 Å². The molecule has 0 aliphatic heterocycles. The maximum atomic E-state index is 11.6. The van der Waals surface area contributed by atoms with Crippen molar-refractivity contribution in [2.45, 2.75) is 70.0 Å². The van der Waals surface area contributed by atoms with E-state index in [1.807, 2.05) is 6.92 Å². The van der Waals surface area contributed by atoms with E-state index in [0.717, 1.165) is 12.8 Å². The topological polar surface area (TPSA) is 55.8 Å². The molecular weight excluding hydrogens is 244 g/mol. The van der Waals surface area contributed by atoms with Gasteiger partial charge in [0.1, 0.15) is 0 Å². The largest absolute Gasteiger partial charge is 0.466 e. The van der Waals surface area contributed by atoms with E-state index in [1.165, 1.54) is 12.8 Å². The number of esters is 1. The fourth-order valence-corrected chi connectivity index (χ4v) is 3.12. The maximum Gasteiger partial charge on any atom is 0.308 e. The molecule has 0 aromatic rings. The Morgan fingerprint density at radius 3 is 2.42 bits per heavy atom. The number of hydrogen-bond acceptors (Lipinski definition) is 4. The highest BCUT2D eigenvalue weighted by Crippen LogP contribution is 2.34. The second kappa shape index (κ2) is 6.71. The van der Waals surface area contributed by atoms with Crippen LogP contribution in [-0.2, 0) is 14.3 Å². The predicted octanol–water partition coefficient (Wildman–Crippen LogP) is 2.43. The van der Waals surface area contributed by atoms with Gasteiger partial charge in [0.2, 0.25) is 0 Å². The summed E-state index contributed by atoms with van der Waals surface area (Å²) in [5.74, 6) is -0.145. The van der Waals surface area contributed by atoms with Gasteiger partial charge in [-0.05, 0) is 45.4 Å². The minimum Gasteiger partial charge on any atom is -0.466 e. The molecule has 0 aromatic carbocycles. The van der Waals surface area contributed by atoms with Gasteiger partial charge < -0.3 is 14.6 Å². The standard InChI is InChI=1S/C15H26O4/c1-2-18-14(16)12-7-9-15(17,10-8-12)11-19-13-5-3-4-6-13/h12-13,17H,2-11H2,1H3. The van der Waals surface area contributed by atoms with Crippen LogP contribution in [0.3, 0.4) is 0 Å². The smallest absolute Gasteiger partial charge is 0.308 e. The van der Waals surface area contributed by atoms with Crippen LogP contribution in [0.4, 0.5) is 0 Å². The molecule has 0 radical (unpaired) electrons. The van der Waals surface area contributed by atoms with Gasteiger partial charge in [-0.15, -0.1) is 0 Å². The Labute approximate surface area is 115 Å². The molecule has 0 bridgehead atoms. The molecule has 2 aliphatic carbocycles. The summed E-state index contributed by atoms with van der Waals surface area (Å²) in [7, 11) is 0. The number of carbonyl (C=O) groups is 1. The predicted molar refractivity (Wildman–Crippen MR) is 71.7 cm³/mol. The van der Waals surface area contributed by atoms with Crippen molar-refractivity contribution >= 4 is 5.97 Å². The molecule has 0 amide bonds. The fourth-order valence-electron chi connectivity index (χ4n) is 3.12. The molecule has 110 valence electrons. The highest BCUT2D eigenvalue weighted by atomic mass is 16.5. The second-order valence-electron chi connectivity index (χ2n) is 5.97. The van der Waals surface area contributed by atoms with Crippen LogP contribution in [0.5, 0.6) is 0 Å². The van der Waals surface area contributed by atoms with Crippen LogP contribution in [0, 0.1) is 5.92 Å². The average Bonchev–Trinajstić information content (AvgIpc) is 2.91. The Balaban J connectivity index is 1.72. The van der Waals surface area contributed by atoms with Crippen molar-refractivity contribution in [2.24, 2.45) is 5.92 Å². The summed E-state index contributed by atoms with van der Waals surface area (Å²) in [6.45, 7) is 2.68. The van der Waals surface area contributed by atoms with Gasteiger partial charge in [0.05, 0.1) is 30.8 Å². The molecule has 2 fully saturated rings. The van der Waals surface area contributed by atoms with Gasteiger partial charge in [-0.3, -0.25) is 4.79 Å². The summed E-state index contributed by atoms with van der Waals surface area (Å²) in [5.41, 5.74) is -0.731. The lowest BCUT2D eigenvalue weighted by Gasteiger charge is -2.35. The summed E-state index contributed by atoms with van der Waals surface area (Å²) in [5, 5.41) is 10.5. The molecule has 4 nitrogen and oxygen atoms in total. The third kappa shape index (κ3) is 4.18. The van der Waals surface area contributed by atoms with E-state index in [9.17, 15) is 9.90 Å². The number of ether oxygens (including phenoxy) is 2. The van der Waals surface area contributed by atoms with E-state index < -0.39 is 5.60 Å². The summed E-state index contributed by atoms with van der Waals surface area (Å²) in [4.78, 5) is 11.6. The van der Waals surface area contributed by atoms with Gasteiger partial charge in [0, 0.05) is 0 Å². The van der Waals surface area contributed by atoms with Crippen LogP contribution in [0.15, 0.2) is 0 Å². The first-order valence-corrected chi connectivity index (χ1v) is 7.63. The molecule has 2 rings (SSSR count). The quantitative estimate of drug-likeness (QED) is 0.780. The molecule has 0 aromatic heterocycles. The van der Waals surface area contributed by atoms with Crippen molar-refractivity contribution in [1.29, 1.82) is 0 Å². The van der Waals surface area contributed by atoms with Crippen molar-refractivity contribution in [1.82, 2.24) is 0 Å². The summed E-state index contributed by atoms with van der Waals surface area (Å²) < 4.78 is 10.9. The summed E-state index contributed by atoms with van der Waals surface area (Å²) in [6, 6.07) is 0. The highest BCUT2D eigenvalue weighted by Gasteiger charge is 2.37. The molecule has 0 heterocycles. The molecular formula is C15H26O4. The number of aliphatic hydroxyl groups is 1. The van der Waals surface area contributed by atoms with Crippen LogP contribution in [0.1, 0.15) is 58.3 Å². The number of rotatable bonds is 5. The molecule has 0 saturated heterocycles. The first-order chi connectivity index (χ1) is 9.13. The molecule has 2 saturated carbocycles. The average molecular weight is 270 g/mol. The molecule has 1 N–H and O–H groups in total. The summed E-state index contributed by atoms with van der Waals surface area (Å²) >= 11 is 0. The van der Waals surface area contributed by atoms with E-state index in [4.69, 9.17) is 9.47 Å². The number of hydrogen-bond donors (Lipinski definition) is 1. The lowest BCUT2D eigenvalue weighted by molar-refractivity contribution is -0.153. The SMILES string of the molecule is CCOC(=O)C1CCC(O)(COC2CCCC2)CC1. The van der Waals surface area contributed by atoms with Crippen molar-refractivity contribution in [3.63, 3.8) is 0 Å².